The maximum absolute atomic E-state index is 6.03. The highest BCUT2D eigenvalue weighted by atomic mass is 35.5. The fourth-order valence-corrected chi connectivity index (χ4v) is 2.96. The summed E-state index contributed by atoms with van der Waals surface area (Å²) in [6.07, 6.45) is 10.4. The first-order valence-corrected chi connectivity index (χ1v) is 7.87. The molecule has 2 aromatic carbocycles. The van der Waals surface area contributed by atoms with Gasteiger partial charge in [0.15, 0.2) is 0 Å². The summed E-state index contributed by atoms with van der Waals surface area (Å²) < 4.78 is 0. The second-order valence-corrected chi connectivity index (χ2v) is 5.82. The van der Waals surface area contributed by atoms with E-state index in [2.05, 4.69) is 46.9 Å². The minimum Gasteiger partial charge on any atom is -0.300 e. The van der Waals surface area contributed by atoms with Gasteiger partial charge in [0.1, 0.15) is 0 Å². The summed E-state index contributed by atoms with van der Waals surface area (Å²) in [5.74, 6) is 0. The largest absolute Gasteiger partial charge is 0.300 e. The van der Waals surface area contributed by atoms with Gasteiger partial charge in [-0.15, -0.1) is 0 Å². The highest BCUT2D eigenvalue weighted by molar-refractivity contribution is 6.30. The van der Waals surface area contributed by atoms with Crippen molar-refractivity contribution in [2.24, 2.45) is 0 Å². The smallest absolute Gasteiger partial charge is 0.0796 e. The van der Waals surface area contributed by atoms with Crippen LogP contribution >= 0.6 is 11.6 Å². The summed E-state index contributed by atoms with van der Waals surface area (Å²) in [4.78, 5) is 0. The van der Waals surface area contributed by atoms with E-state index < -0.39 is 0 Å². The Morgan fingerprint density at radius 1 is 0.826 bits per heavy atom. The summed E-state index contributed by atoms with van der Waals surface area (Å²) in [5, 5.41) is 2.86. The third-order valence-electron chi connectivity index (χ3n) is 3.92. The van der Waals surface area contributed by atoms with E-state index in [1.54, 1.807) is 0 Å². The monoisotopic (exact) mass is 318 g/mol. The van der Waals surface area contributed by atoms with E-state index in [4.69, 9.17) is 11.6 Å². The molecule has 0 aromatic heterocycles. The number of rotatable bonds is 2. The lowest BCUT2D eigenvalue weighted by Crippen LogP contribution is -2.29. The number of para-hydroxylation sites is 1. The Hall–Kier alpha value is -2.71. The van der Waals surface area contributed by atoms with Crippen LogP contribution in [0.3, 0.4) is 0 Å². The normalized spacial score (nSPS) is 16.0. The second kappa shape index (κ2) is 5.82. The zero-order chi connectivity index (χ0) is 15.6. The van der Waals surface area contributed by atoms with Crippen molar-refractivity contribution in [3.8, 4) is 0 Å². The summed E-state index contributed by atoms with van der Waals surface area (Å²) in [7, 11) is 0. The van der Waals surface area contributed by atoms with Crippen molar-refractivity contribution in [3.05, 3.63) is 107 Å². The van der Waals surface area contributed by atoms with Gasteiger partial charge in [0.2, 0.25) is 0 Å². The molecule has 4 rings (SSSR count). The Kier molecular flexibility index (Phi) is 3.52. The summed E-state index contributed by atoms with van der Waals surface area (Å²) in [5.41, 5.74) is 9.08. The molecule has 0 fully saturated rings. The van der Waals surface area contributed by atoms with Gasteiger partial charge in [-0.2, -0.15) is 0 Å². The van der Waals surface area contributed by atoms with Crippen LogP contribution in [0.15, 0.2) is 96.4 Å². The van der Waals surface area contributed by atoms with Gasteiger partial charge in [-0.25, -0.2) is 0 Å². The quantitative estimate of drug-likeness (QED) is 0.830. The van der Waals surface area contributed by atoms with Gasteiger partial charge in [-0.3, -0.25) is 5.01 Å². The average Bonchev–Trinajstić information content (AvgIpc) is 3.25. The molecule has 1 N–H and O–H groups in total. The van der Waals surface area contributed by atoms with Gasteiger partial charge < -0.3 is 5.43 Å². The van der Waals surface area contributed by atoms with Crippen LogP contribution in [0.1, 0.15) is 5.56 Å². The van der Waals surface area contributed by atoms with Crippen LogP contribution in [0.4, 0.5) is 5.69 Å². The molecule has 1 aliphatic heterocycles. The Morgan fingerprint density at radius 2 is 1.52 bits per heavy atom. The molecule has 23 heavy (non-hydrogen) atoms. The Bertz CT molecular complexity index is 829. The van der Waals surface area contributed by atoms with Crippen molar-refractivity contribution in [3.63, 3.8) is 0 Å². The molecule has 2 aromatic rings. The Morgan fingerprint density at radius 3 is 2.22 bits per heavy atom. The van der Waals surface area contributed by atoms with Gasteiger partial charge in [0.05, 0.1) is 11.4 Å². The first kappa shape index (κ1) is 13.9. The molecule has 112 valence electrons. The maximum Gasteiger partial charge on any atom is 0.0796 e. The lowest BCUT2D eigenvalue weighted by molar-refractivity contribution is 0.889. The van der Waals surface area contributed by atoms with Crippen LogP contribution in [-0.2, 0) is 0 Å². The fourth-order valence-electron chi connectivity index (χ4n) is 2.83. The number of hydrogen-bond acceptors (Lipinski definition) is 2. The van der Waals surface area contributed by atoms with E-state index in [0.29, 0.717) is 0 Å². The summed E-state index contributed by atoms with van der Waals surface area (Å²) in [6, 6.07) is 18.2. The molecule has 0 saturated carbocycles. The van der Waals surface area contributed by atoms with E-state index in [9.17, 15) is 0 Å². The average molecular weight is 319 g/mol. The van der Waals surface area contributed by atoms with Gasteiger partial charge in [-0.05, 0) is 29.8 Å². The molecule has 0 bridgehead atoms. The second-order valence-electron chi connectivity index (χ2n) is 5.39. The van der Waals surface area contributed by atoms with Crippen LogP contribution in [0.2, 0.25) is 5.02 Å². The Labute approximate surface area is 140 Å². The van der Waals surface area contributed by atoms with Crippen LogP contribution in [0.25, 0.3) is 5.57 Å². The number of hydrazine groups is 1. The zero-order valence-electron chi connectivity index (χ0n) is 12.4. The van der Waals surface area contributed by atoms with Crippen LogP contribution < -0.4 is 10.4 Å². The number of hydrogen-bond donors (Lipinski definition) is 1. The standard InChI is InChI=1S/C20H15ClN2/c21-17-12-10-15(11-13-17)19-14-22-23(18-8-2-1-3-9-18)20(19)16-6-4-5-7-16/h1-14,22H. The molecular formula is C20H15ClN2. The van der Waals surface area contributed by atoms with Crippen molar-refractivity contribution in [2.75, 3.05) is 5.01 Å². The van der Waals surface area contributed by atoms with Crippen LogP contribution in [-0.4, -0.2) is 0 Å². The first-order chi connectivity index (χ1) is 11.3. The molecule has 1 aliphatic carbocycles. The third kappa shape index (κ3) is 2.58. The number of nitrogens with zero attached hydrogens (tertiary/aromatic N) is 1. The zero-order valence-corrected chi connectivity index (χ0v) is 13.2. The molecule has 0 unspecified atom stereocenters. The van der Waals surface area contributed by atoms with E-state index >= 15 is 0 Å². The minimum atomic E-state index is 0.745. The SMILES string of the molecule is Clc1ccc(C2=CNN(c3ccccc3)C2=C2C=CC=C2)cc1. The molecule has 2 aliphatic rings. The Balaban J connectivity index is 1.82. The molecule has 1 heterocycles. The van der Waals surface area contributed by atoms with Crippen LogP contribution in [0, 0.1) is 0 Å². The first-order valence-electron chi connectivity index (χ1n) is 7.50. The van der Waals surface area contributed by atoms with Gasteiger partial charge >= 0.3 is 0 Å². The van der Waals surface area contributed by atoms with Crippen molar-refractivity contribution in [1.82, 2.24) is 5.43 Å². The molecule has 3 heteroatoms. The van der Waals surface area contributed by atoms with E-state index in [-0.39, 0.29) is 0 Å². The van der Waals surface area contributed by atoms with Gasteiger partial charge in [0.25, 0.3) is 0 Å². The predicted octanol–water partition coefficient (Wildman–Crippen LogP) is 5.09. The summed E-state index contributed by atoms with van der Waals surface area (Å²) in [6.45, 7) is 0. The van der Waals surface area contributed by atoms with Gasteiger partial charge in [-0.1, -0.05) is 66.2 Å². The lowest BCUT2D eigenvalue weighted by atomic mass is 10.0. The molecular weight excluding hydrogens is 304 g/mol. The summed E-state index contributed by atoms with van der Waals surface area (Å²) >= 11 is 6.03. The van der Waals surface area contributed by atoms with Crippen molar-refractivity contribution in [1.29, 1.82) is 0 Å². The number of halogens is 1. The number of allylic oxidation sites excluding steroid dienone is 6. The number of benzene rings is 2. The molecule has 0 saturated heterocycles. The van der Waals surface area contributed by atoms with E-state index in [1.165, 1.54) is 5.57 Å². The molecule has 0 spiro atoms. The topological polar surface area (TPSA) is 15.3 Å². The van der Waals surface area contributed by atoms with Crippen LogP contribution in [0.5, 0.6) is 0 Å². The third-order valence-corrected chi connectivity index (χ3v) is 4.17. The molecule has 2 nitrogen and oxygen atoms in total. The lowest BCUT2D eigenvalue weighted by Gasteiger charge is -2.23. The molecule has 0 atom stereocenters. The van der Waals surface area contributed by atoms with Crippen molar-refractivity contribution in [2.45, 2.75) is 0 Å². The number of nitrogens with one attached hydrogen (secondary N) is 1. The predicted molar refractivity (Wildman–Crippen MR) is 96.8 cm³/mol. The highest BCUT2D eigenvalue weighted by Gasteiger charge is 2.25. The van der Waals surface area contributed by atoms with E-state index in [1.807, 2.05) is 48.7 Å². The van der Waals surface area contributed by atoms with E-state index in [0.717, 1.165) is 27.5 Å². The number of anilines is 1. The highest BCUT2D eigenvalue weighted by Crippen LogP contribution is 2.36. The fraction of sp³-hybridized carbons (Fsp3) is 0. The van der Waals surface area contributed by atoms with Crippen molar-refractivity contribution < 1.29 is 0 Å². The maximum atomic E-state index is 6.03. The molecule has 0 radical (unpaired) electrons. The molecule has 0 amide bonds. The van der Waals surface area contributed by atoms with Crippen molar-refractivity contribution >= 4 is 22.9 Å². The van der Waals surface area contributed by atoms with Gasteiger partial charge in [0, 0.05) is 22.4 Å². The minimum absolute atomic E-state index is 0.745.